The van der Waals surface area contributed by atoms with Gasteiger partial charge in [-0.1, -0.05) is 6.92 Å². The zero-order chi connectivity index (χ0) is 16.0. The number of carboxylic acid groups (broad SMARTS) is 1. The van der Waals surface area contributed by atoms with Gasteiger partial charge in [0.25, 0.3) is 5.91 Å². The average molecular weight is 297 g/mol. The first-order chi connectivity index (χ1) is 9.88. The van der Waals surface area contributed by atoms with E-state index in [0.29, 0.717) is 6.42 Å². The van der Waals surface area contributed by atoms with E-state index in [2.05, 4.69) is 15.2 Å². The minimum absolute atomic E-state index is 0.0355. The zero-order valence-electron chi connectivity index (χ0n) is 12.3. The van der Waals surface area contributed by atoms with Crippen LogP contribution in [0.4, 0.5) is 0 Å². The fourth-order valence-electron chi connectivity index (χ4n) is 1.77. The number of carboxylic acids is 1. The Morgan fingerprint density at radius 1 is 1.48 bits per heavy atom. The highest BCUT2D eigenvalue weighted by Crippen LogP contribution is 2.06. The molecule has 1 amide bonds. The Morgan fingerprint density at radius 2 is 2.14 bits per heavy atom. The SMILES string of the molecule is CCc1cc(C(=O)NC(CCC(=O)OC)C(=O)O)n(C)n1. The number of amides is 1. The molecule has 1 aromatic rings. The van der Waals surface area contributed by atoms with Crippen molar-refractivity contribution in [2.45, 2.75) is 32.2 Å². The molecule has 0 saturated carbocycles. The molecule has 0 aliphatic heterocycles. The first-order valence-electron chi connectivity index (χ1n) is 6.52. The number of carbonyl (C=O) groups is 3. The molecular formula is C13H19N3O5. The van der Waals surface area contributed by atoms with Gasteiger partial charge >= 0.3 is 11.9 Å². The van der Waals surface area contributed by atoms with Crippen molar-refractivity contribution < 1.29 is 24.2 Å². The van der Waals surface area contributed by atoms with Gasteiger partial charge in [-0.05, 0) is 18.9 Å². The molecule has 0 radical (unpaired) electrons. The molecule has 1 atom stereocenters. The molecule has 2 N–H and O–H groups in total. The van der Waals surface area contributed by atoms with E-state index in [1.165, 1.54) is 11.8 Å². The number of hydrogen-bond acceptors (Lipinski definition) is 5. The Bertz CT molecular complexity index is 538. The highest BCUT2D eigenvalue weighted by Gasteiger charge is 2.23. The second kappa shape index (κ2) is 7.41. The number of ether oxygens (including phenoxy) is 1. The number of esters is 1. The first-order valence-corrected chi connectivity index (χ1v) is 6.52. The predicted octanol–water partition coefficient (Wildman–Crippen LogP) is 0.119. The van der Waals surface area contributed by atoms with Gasteiger partial charge in [0.1, 0.15) is 11.7 Å². The summed E-state index contributed by atoms with van der Waals surface area (Å²) in [5.41, 5.74) is 1.01. The first kappa shape index (κ1) is 16.7. The number of methoxy groups -OCH3 is 1. The van der Waals surface area contributed by atoms with Crippen LogP contribution in [-0.2, 0) is 27.8 Å². The number of hydrogen-bond donors (Lipinski definition) is 2. The van der Waals surface area contributed by atoms with E-state index in [1.54, 1.807) is 13.1 Å². The fraction of sp³-hybridized carbons (Fsp3) is 0.538. The van der Waals surface area contributed by atoms with Crippen molar-refractivity contribution in [2.24, 2.45) is 7.05 Å². The van der Waals surface area contributed by atoms with Gasteiger partial charge < -0.3 is 15.2 Å². The van der Waals surface area contributed by atoms with Crippen LogP contribution in [0.3, 0.4) is 0 Å². The lowest BCUT2D eigenvalue weighted by Gasteiger charge is -2.13. The second-order valence-electron chi connectivity index (χ2n) is 4.48. The second-order valence-corrected chi connectivity index (χ2v) is 4.48. The Kier molecular flexibility index (Phi) is 5.89. The molecule has 21 heavy (non-hydrogen) atoms. The number of carbonyl (C=O) groups excluding carboxylic acids is 2. The molecule has 0 aliphatic rings. The average Bonchev–Trinajstić information content (AvgIpc) is 2.83. The monoisotopic (exact) mass is 297 g/mol. The summed E-state index contributed by atoms with van der Waals surface area (Å²) in [6, 6.07) is 0.450. The summed E-state index contributed by atoms with van der Waals surface area (Å²) < 4.78 is 5.84. The highest BCUT2D eigenvalue weighted by atomic mass is 16.5. The van der Waals surface area contributed by atoms with E-state index in [-0.39, 0.29) is 18.5 Å². The molecular weight excluding hydrogens is 278 g/mol. The lowest BCUT2D eigenvalue weighted by atomic mass is 10.1. The molecule has 0 aliphatic carbocycles. The van der Waals surface area contributed by atoms with Gasteiger partial charge in [0.2, 0.25) is 0 Å². The van der Waals surface area contributed by atoms with Gasteiger partial charge in [0.15, 0.2) is 0 Å². The number of nitrogens with zero attached hydrogens (tertiary/aromatic N) is 2. The Labute approximate surface area is 122 Å². The molecule has 1 aromatic heterocycles. The Hall–Kier alpha value is -2.38. The van der Waals surface area contributed by atoms with E-state index in [1.807, 2.05) is 6.92 Å². The van der Waals surface area contributed by atoms with Crippen LogP contribution < -0.4 is 5.32 Å². The van der Waals surface area contributed by atoms with E-state index >= 15 is 0 Å². The number of aliphatic carboxylic acids is 1. The van der Waals surface area contributed by atoms with Crippen LogP contribution in [0.15, 0.2) is 6.07 Å². The molecule has 1 unspecified atom stereocenters. The van der Waals surface area contributed by atoms with E-state index in [4.69, 9.17) is 5.11 Å². The minimum Gasteiger partial charge on any atom is -0.480 e. The smallest absolute Gasteiger partial charge is 0.326 e. The molecule has 0 fully saturated rings. The largest absolute Gasteiger partial charge is 0.480 e. The minimum atomic E-state index is -1.20. The quantitative estimate of drug-likeness (QED) is 0.692. The van der Waals surface area contributed by atoms with Gasteiger partial charge in [-0.25, -0.2) is 4.79 Å². The molecule has 8 heteroatoms. The van der Waals surface area contributed by atoms with Crippen molar-refractivity contribution in [1.29, 1.82) is 0 Å². The zero-order valence-corrected chi connectivity index (χ0v) is 12.3. The van der Waals surface area contributed by atoms with Crippen LogP contribution in [0.2, 0.25) is 0 Å². The maximum absolute atomic E-state index is 12.1. The molecule has 0 aromatic carbocycles. The van der Waals surface area contributed by atoms with Crippen molar-refractivity contribution in [3.63, 3.8) is 0 Å². The van der Waals surface area contributed by atoms with E-state index < -0.39 is 23.9 Å². The van der Waals surface area contributed by atoms with E-state index in [9.17, 15) is 14.4 Å². The van der Waals surface area contributed by atoms with Crippen LogP contribution in [0, 0.1) is 0 Å². The number of aryl methyl sites for hydroxylation is 2. The number of nitrogens with one attached hydrogen (secondary N) is 1. The molecule has 1 rings (SSSR count). The van der Waals surface area contributed by atoms with Gasteiger partial charge in [0, 0.05) is 13.5 Å². The van der Waals surface area contributed by atoms with Crippen LogP contribution in [0.5, 0.6) is 0 Å². The maximum Gasteiger partial charge on any atom is 0.326 e. The summed E-state index contributed by atoms with van der Waals surface area (Å²) in [4.78, 5) is 34.2. The summed E-state index contributed by atoms with van der Waals surface area (Å²) in [6.07, 6.45) is 0.553. The van der Waals surface area contributed by atoms with Crippen LogP contribution >= 0.6 is 0 Å². The molecule has 116 valence electrons. The molecule has 0 bridgehead atoms. The van der Waals surface area contributed by atoms with Gasteiger partial charge in [-0.3, -0.25) is 14.3 Å². The normalized spacial score (nSPS) is 11.8. The Morgan fingerprint density at radius 3 is 2.62 bits per heavy atom. The summed E-state index contributed by atoms with van der Waals surface area (Å²) in [7, 11) is 2.83. The van der Waals surface area contributed by atoms with Gasteiger partial charge in [0.05, 0.1) is 12.8 Å². The van der Waals surface area contributed by atoms with Crippen molar-refractivity contribution in [3.05, 3.63) is 17.5 Å². The molecule has 0 saturated heterocycles. The third-order valence-electron chi connectivity index (χ3n) is 2.99. The van der Waals surface area contributed by atoms with Crippen molar-refractivity contribution in [3.8, 4) is 0 Å². The summed E-state index contributed by atoms with van der Waals surface area (Å²) in [6.45, 7) is 1.90. The summed E-state index contributed by atoms with van der Waals surface area (Å²) in [5, 5.41) is 15.6. The van der Waals surface area contributed by atoms with Gasteiger partial charge in [-0.15, -0.1) is 0 Å². The van der Waals surface area contributed by atoms with Gasteiger partial charge in [-0.2, -0.15) is 5.10 Å². The lowest BCUT2D eigenvalue weighted by Crippen LogP contribution is -2.41. The van der Waals surface area contributed by atoms with Crippen molar-refractivity contribution in [1.82, 2.24) is 15.1 Å². The lowest BCUT2D eigenvalue weighted by molar-refractivity contribution is -0.142. The van der Waals surface area contributed by atoms with Crippen LogP contribution in [-0.4, -0.2) is 45.9 Å². The third kappa shape index (κ3) is 4.59. The fourth-order valence-corrected chi connectivity index (χ4v) is 1.77. The highest BCUT2D eigenvalue weighted by molar-refractivity contribution is 5.95. The summed E-state index contributed by atoms with van der Waals surface area (Å²) in [5.74, 6) is -2.27. The summed E-state index contributed by atoms with van der Waals surface area (Å²) >= 11 is 0. The Balaban J connectivity index is 2.74. The maximum atomic E-state index is 12.1. The standard InChI is InChI=1S/C13H19N3O5/c1-4-8-7-10(16(2)15-8)12(18)14-9(13(19)20)5-6-11(17)21-3/h7,9H,4-6H2,1-3H3,(H,14,18)(H,19,20). The molecule has 0 spiro atoms. The number of aromatic nitrogens is 2. The van der Waals surface area contributed by atoms with Crippen LogP contribution in [0.25, 0.3) is 0 Å². The van der Waals surface area contributed by atoms with Crippen molar-refractivity contribution >= 4 is 17.8 Å². The third-order valence-corrected chi connectivity index (χ3v) is 2.99. The van der Waals surface area contributed by atoms with Crippen LogP contribution in [0.1, 0.15) is 35.9 Å². The molecule has 1 heterocycles. The van der Waals surface area contributed by atoms with E-state index in [0.717, 1.165) is 5.69 Å². The topological polar surface area (TPSA) is 111 Å². The number of rotatable bonds is 7. The molecule has 8 nitrogen and oxygen atoms in total. The van der Waals surface area contributed by atoms with Crippen molar-refractivity contribution in [2.75, 3.05) is 7.11 Å². The predicted molar refractivity (Wildman–Crippen MR) is 72.7 cm³/mol.